The van der Waals surface area contributed by atoms with Gasteiger partial charge in [-0.2, -0.15) is 0 Å². The molecule has 3 heteroatoms. The maximum Gasteiger partial charge on any atom is 0.465 e. The van der Waals surface area contributed by atoms with Crippen molar-refractivity contribution in [2.24, 2.45) is 0 Å². The Hall–Kier alpha value is 0.452. The molecule has 0 unspecified atom stereocenters. The second-order valence-corrected chi connectivity index (χ2v) is 4.57. The van der Waals surface area contributed by atoms with Crippen molar-refractivity contribution in [1.29, 1.82) is 0 Å². The topological polar surface area (TPSA) is 6.48 Å². The van der Waals surface area contributed by atoms with Gasteiger partial charge in [0.1, 0.15) is 0 Å². The van der Waals surface area contributed by atoms with Crippen LogP contribution in [0, 0.1) is 0 Å². The van der Waals surface area contributed by atoms with Gasteiger partial charge in [0.15, 0.2) is 0 Å². The van der Waals surface area contributed by atoms with E-state index in [0.29, 0.717) is 0 Å². The summed E-state index contributed by atoms with van der Waals surface area (Å²) in [5.41, 5.74) is 0. The van der Waals surface area contributed by atoms with Crippen molar-refractivity contribution in [2.75, 3.05) is 14.1 Å². The second kappa shape index (κ2) is 1.76. The van der Waals surface area contributed by atoms with Crippen LogP contribution in [0.5, 0.6) is 0 Å². The predicted octanol–water partition coefficient (Wildman–Crippen LogP) is -0.524. The van der Waals surface area contributed by atoms with Gasteiger partial charge in [0.25, 0.3) is 0 Å². The Labute approximate surface area is 51.2 Å². The lowest BCUT2D eigenvalue weighted by Crippen LogP contribution is -2.61. The first kappa shape index (κ1) is 5.59. The number of nitrogens with zero attached hydrogens (tertiary/aromatic N) is 2. The van der Waals surface area contributed by atoms with E-state index in [2.05, 4.69) is 28.8 Å². The van der Waals surface area contributed by atoms with Crippen LogP contribution >= 0.6 is 0 Å². The van der Waals surface area contributed by atoms with E-state index in [9.17, 15) is 0 Å². The summed E-state index contributed by atoms with van der Waals surface area (Å²) in [5.74, 6) is 0. The molecule has 2 nitrogen and oxygen atoms in total. The number of rotatable bonds is 0. The van der Waals surface area contributed by atoms with Crippen molar-refractivity contribution >= 4 is 15.7 Å². The van der Waals surface area contributed by atoms with Crippen LogP contribution in [0.4, 0.5) is 0 Å². The minimum Gasteiger partial charge on any atom is -0.364 e. The molecule has 0 spiro atoms. The standard InChI is InChI=1S/C4H10N2.Al.H/c1-4(5-2)6-3;;/h4H,1-3H3;;/q-2;+2;. The zero-order valence-corrected chi connectivity index (χ0v) is 6.59. The van der Waals surface area contributed by atoms with E-state index in [1.807, 2.05) is 0 Å². The Bertz CT molecular complexity index is 68.1. The third-order valence-electron chi connectivity index (χ3n) is 1.72. The molecule has 0 bridgehead atoms. The molecule has 0 atom stereocenters. The molecule has 1 fully saturated rings. The van der Waals surface area contributed by atoms with Crippen molar-refractivity contribution in [1.82, 2.24) is 7.77 Å². The van der Waals surface area contributed by atoms with Crippen LogP contribution in [0.25, 0.3) is 0 Å². The van der Waals surface area contributed by atoms with Gasteiger partial charge in [-0.25, -0.2) is 0 Å². The Balaban J connectivity index is 2.29. The molecule has 7 heavy (non-hydrogen) atoms. The molecule has 0 aromatic heterocycles. The van der Waals surface area contributed by atoms with Crippen LogP contribution < -0.4 is 0 Å². The molecular weight excluding hydrogens is 103 g/mol. The van der Waals surface area contributed by atoms with E-state index < -0.39 is 0 Å². The molecular formula is C4H11AlN2. The van der Waals surface area contributed by atoms with Crippen LogP contribution in [0.15, 0.2) is 0 Å². The second-order valence-electron chi connectivity index (χ2n) is 2.29. The zero-order valence-electron chi connectivity index (χ0n) is 5.18. The third kappa shape index (κ3) is 0.825. The van der Waals surface area contributed by atoms with Crippen LogP contribution in [-0.4, -0.2) is 43.7 Å². The summed E-state index contributed by atoms with van der Waals surface area (Å²) in [7, 11) is 4.38. The fourth-order valence-corrected chi connectivity index (χ4v) is 2.25. The van der Waals surface area contributed by atoms with E-state index in [-0.39, 0.29) is 15.7 Å². The summed E-state index contributed by atoms with van der Waals surface area (Å²) < 4.78 is 4.86. The summed E-state index contributed by atoms with van der Waals surface area (Å²) in [4.78, 5) is 0. The smallest absolute Gasteiger partial charge is 0.364 e. The van der Waals surface area contributed by atoms with E-state index in [1.165, 1.54) is 0 Å². The van der Waals surface area contributed by atoms with Crippen molar-refractivity contribution < 1.29 is 0 Å². The summed E-state index contributed by atoms with van der Waals surface area (Å²) in [6, 6.07) is 0. The average molecular weight is 114 g/mol. The van der Waals surface area contributed by atoms with Crippen molar-refractivity contribution in [3.8, 4) is 0 Å². The summed E-state index contributed by atoms with van der Waals surface area (Å²) in [6.45, 7) is 2.23. The molecule has 0 aromatic carbocycles. The fourth-order valence-electron chi connectivity index (χ4n) is 0.828. The molecule has 1 aliphatic rings. The van der Waals surface area contributed by atoms with Crippen LogP contribution in [0.3, 0.4) is 0 Å². The Kier molecular flexibility index (Phi) is 1.40. The van der Waals surface area contributed by atoms with Gasteiger partial charge < -0.3 is 7.77 Å². The SMILES string of the molecule is CC1[N](C)[AlH][N]1C. The van der Waals surface area contributed by atoms with E-state index >= 15 is 0 Å². The molecule has 0 aliphatic carbocycles. The summed E-state index contributed by atoms with van der Waals surface area (Å²) in [6.07, 6.45) is 0.728. The molecule has 0 amide bonds. The maximum absolute atomic E-state index is 2.43. The highest BCUT2D eigenvalue weighted by Crippen LogP contribution is 2.08. The molecule has 0 radical (unpaired) electrons. The Morgan fingerprint density at radius 2 is 1.71 bits per heavy atom. The minimum absolute atomic E-state index is 0.0729. The average Bonchev–Trinajstić information content (AvgIpc) is 1.68. The van der Waals surface area contributed by atoms with Gasteiger partial charge in [-0.1, -0.05) is 0 Å². The molecule has 1 aliphatic heterocycles. The molecule has 0 saturated carbocycles. The summed E-state index contributed by atoms with van der Waals surface area (Å²) in [5, 5.41) is 0. The van der Waals surface area contributed by atoms with Crippen LogP contribution in [0.2, 0.25) is 0 Å². The van der Waals surface area contributed by atoms with Crippen LogP contribution in [0.1, 0.15) is 6.92 Å². The van der Waals surface area contributed by atoms with Gasteiger partial charge >= 0.3 is 15.7 Å². The van der Waals surface area contributed by atoms with Gasteiger partial charge in [0, 0.05) is 6.17 Å². The molecule has 0 N–H and O–H groups in total. The van der Waals surface area contributed by atoms with Crippen LogP contribution in [-0.2, 0) is 0 Å². The fraction of sp³-hybridized carbons (Fsp3) is 1.00. The number of hydrogen-bond acceptors (Lipinski definition) is 2. The monoisotopic (exact) mass is 114 g/mol. The highest BCUT2D eigenvalue weighted by molar-refractivity contribution is 6.31. The molecule has 40 valence electrons. The van der Waals surface area contributed by atoms with E-state index in [4.69, 9.17) is 0 Å². The zero-order chi connectivity index (χ0) is 5.44. The maximum atomic E-state index is 2.43. The number of hydrogen-bond donors (Lipinski definition) is 0. The first-order chi connectivity index (χ1) is 3.22. The van der Waals surface area contributed by atoms with Gasteiger partial charge in [-0.05, 0) is 21.0 Å². The molecule has 1 saturated heterocycles. The predicted molar refractivity (Wildman–Crippen MR) is 32.1 cm³/mol. The van der Waals surface area contributed by atoms with Gasteiger partial charge in [0.05, 0.1) is 0 Å². The highest BCUT2D eigenvalue weighted by atomic mass is 27.1. The molecule has 0 aromatic rings. The van der Waals surface area contributed by atoms with Gasteiger partial charge in [-0.3, -0.25) is 0 Å². The molecule has 1 rings (SSSR count). The first-order valence-corrected chi connectivity index (χ1v) is 3.89. The van der Waals surface area contributed by atoms with E-state index in [0.717, 1.165) is 6.17 Å². The third-order valence-corrected chi connectivity index (χ3v) is 3.67. The largest absolute Gasteiger partial charge is 0.465 e. The minimum atomic E-state index is 0.0729. The Morgan fingerprint density at radius 3 is 1.71 bits per heavy atom. The van der Waals surface area contributed by atoms with Gasteiger partial charge in [-0.15, -0.1) is 0 Å². The highest BCUT2D eigenvalue weighted by Gasteiger charge is 2.28. The van der Waals surface area contributed by atoms with Crippen molar-refractivity contribution in [2.45, 2.75) is 13.1 Å². The normalized spacial score (nSPS) is 26.7. The Morgan fingerprint density at radius 1 is 1.29 bits per heavy atom. The van der Waals surface area contributed by atoms with Crippen molar-refractivity contribution in [3.05, 3.63) is 0 Å². The quantitative estimate of drug-likeness (QED) is 0.391. The summed E-state index contributed by atoms with van der Waals surface area (Å²) >= 11 is 0.0729. The molecule has 1 heterocycles. The van der Waals surface area contributed by atoms with Gasteiger partial charge in [0.2, 0.25) is 0 Å². The van der Waals surface area contributed by atoms with Crippen molar-refractivity contribution in [3.63, 3.8) is 0 Å². The lowest BCUT2D eigenvalue weighted by Gasteiger charge is -2.44. The van der Waals surface area contributed by atoms with E-state index in [1.54, 1.807) is 0 Å². The lowest BCUT2D eigenvalue weighted by molar-refractivity contribution is 0.163. The first-order valence-electron chi connectivity index (χ1n) is 2.62. The lowest BCUT2D eigenvalue weighted by atomic mass is 10.6.